The third-order valence-corrected chi connectivity index (χ3v) is 6.04. The van der Waals surface area contributed by atoms with E-state index in [1.54, 1.807) is 18.2 Å². The Hall–Kier alpha value is -1.66. The van der Waals surface area contributed by atoms with Gasteiger partial charge in [-0.25, -0.2) is 4.39 Å². The third-order valence-electron chi connectivity index (χ3n) is 5.50. The molecule has 0 unspecified atom stereocenters. The fourth-order valence-electron chi connectivity index (χ4n) is 4.19. The smallest absolute Gasteiger partial charge is 0.323 e. The van der Waals surface area contributed by atoms with E-state index in [1.807, 2.05) is 32.9 Å². The normalized spacial score (nSPS) is 27.8. The molecule has 0 aromatic heterocycles. The van der Waals surface area contributed by atoms with Gasteiger partial charge in [0.15, 0.2) is 0 Å². The van der Waals surface area contributed by atoms with E-state index < -0.39 is 29.3 Å². The highest BCUT2D eigenvalue weighted by molar-refractivity contribution is 6.31. The molecule has 2 aromatic carbocycles. The van der Waals surface area contributed by atoms with Crippen molar-refractivity contribution in [2.24, 2.45) is 11.1 Å². The van der Waals surface area contributed by atoms with E-state index in [0.717, 1.165) is 5.56 Å². The van der Waals surface area contributed by atoms with Gasteiger partial charge >= 0.3 is 5.97 Å². The van der Waals surface area contributed by atoms with E-state index in [2.05, 4.69) is 5.32 Å². The molecule has 1 aliphatic heterocycles. The van der Waals surface area contributed by atoms with Crippen molar-refractivity contribution in [1.82, 2.24) is 5.32 Å². The molecule has 1 heterocycles. The molecule has 7 heteroatoms. The number of aliphatic carboxylic acids is 1. The molecule has 0 aliphatic carbocycles. The molecule has 4 atom stereocenters. The predicted molar refractivity (Wildman–Crippen MR) is 109 cm³/mol. The number of carbonyl (C=O) groups is 1. The molecule has 0 spiro atoms. The van der Waals surface area contributed by atoms with Gasteiger partial charge in [0.25, 0.3) is 0 Å². The number of nitrogens with two attached hydrogens (primary N) is 1. The van der Waals surface area contributed by atoms with Crippen molar-refractivity contribution in [2.75, 3.05) is 0 Å². The second-order valence-corrected chi connectivity index (χ2v) is 9.19. The SMILES string of the molecule is CC(C)(C)[C@@H]1N[C@@H](C(=O)O)[C@@](N)(c2cccc(Cl)c2F)[C@H]1c1ccc(Cl)cc1. The third kappa shape index (κ3) is 3.41. The van der Waals surface area contributed by atoms with E-state index in [4.69, 9.17) is 28.9 Å². The highest BCUT2D eigenvalue weighted by atomic mass is 35.5. The van der Waals surface area contributed by atoms with Crippen molar-refractivity contribution in [3.8, 4) is 0 Å². The summed E-state index contributed by atoms with van der Waals surface area (Å²) in [7, 11) is 0. The minimum absolute atomic E-state index is 0.0756. The van der Waals surface area contributed by atoms with E-state index in [0.29, 0.717) is 5.02 Å². The second-order valence-electron chi connectivity index (χ2n) is 8.35. The monoisotopic (exact) mass is 424 g/mol. The molecule has 0 amide bonds. The molecule has 4 nitrogen and oxygen atoms in total. The van der Waals surface area contributed by atoms with Crippen LogP contribution in [0.15, 0.2) is 42.5 Å². The Morgan fingerprint density at radius 2 is 1.79 bits per heavy atom. The first-order chi connectivity index (χ1) is 13.0. The average Bonchev–Trinajstić information content (AvgIpc) is 2.92. The summed E-state index contributed by atoms with van der Waals surface area (Å²) in [6, 6.07) is 10.0. The summed E-state index contributed by atoms with van der Waals surface area (Å²) < 4.78 is 15.1. The number of hydrogen-bond donors (Lipinski definition) is 3. The highest BCUT2D eigenvalue weighted by Gasteiger charge is 2.60. The number of rotatable bonds is 3. The summed E-state index contributed by atoms with van der Waals surface area (Å²) in [4.78, 5) is 12.2. The van der Waals surface area contributed by atoms with Gasteiger partial charge in [-0.05, 0) is 29.2 Å². The van der Waals surface area contributed by atoms with Gasteiger partial charge in [-0.3, -0.25) is 10.1 Å². The first kappa shape index (κ1) is 21.1. The summed E-state index contributed by atoms with van der Waals surface area (Å²) in [5.41, 5.74) is 5.76. The molecule has 4 N–H and O–H groups in total. The Morgan fingerprint density at radius 3 is 2.32 bits per heavy atom. The summed E-state index contributed by atoms with van der Waals surface area (Å²) in [6.45, 7) is 5.98. The van der Waals surface area contributed by atoms with Crippen molar-refractivity contribution >= 4 is 29.2 Å². The standard InChI is InChI=1S/C21H23Cl2FN2O2/c1-20(2,3)17-15(11-7-9-12(22)10-8-11)21(25,18(26-17)19(27)28)13-5-4-6-14(23)16(13)24/h4-10,15,17-18,26H,25H2,1-3H3,(H,27,28)/t15-,17+,18-,21+/m0/s1. The molecule has 28 heavy (non-hydrogen) atoms. The Kier molecular flexibility index (Phi) is 5.49. The van der Waals surface area contributed by atoms with E-state index in [1.165, 1.54) is 12.1 Å². The van der Waals surface area contributed by atoms with Crippen LogP contribution in [0.2, 0.25) is 10.0 Å². The number of carboxylic acids is 1. The lowest BCUT2D eigenvalue weighted by atomic mass is 9.67. The van der Waals surface area contributed by atoms with Crippen LogP contribution in [0.5, 0.6) is 0 Å². The lowest BCUT2D eigenvalue weighted by molar-refractivity contribution is -0.140. The molecule has 1 fully saturated rings. The van der Waals surface area contributed by atoms with Gasteiger partial charge in [-0.2, -0.15) is 0 Å². The van der Waals surface area contributed by atoms with Crippen LogP contribution in [-0.4, -0.2) is 23.2 Å². The Balaban J connectivity index is 2.31. The van der Waals surface area contributed by atoms with Crippen molar-refractivity contribution in [3.63, 3.8) is 0 Å². The van der Waals surface area contributed by atoms with Gasteiger partial charge in [0, 0.05) is 22.5 Å². The molecule has 3 rings (SSSR count). The second kappa shape index (κ2) is 7.30. The van der Waals surface area contributed by atoms with Crippen molar-refractivity contribution < 1.29 is 14.3 Å². The molecule has 0 bridgehead atoms. The van der Waals surface area contributed by atoms with E-state index in [-0.39, 0.29) is 22.0 Å². The minimum atomic E-state index is -1.56. The van der Waals surface area contributed by atoms with Gasteiger partial charge in [0.2, 0.25) is 0 Å². The minimum Gasteiger partial charge on any atom is -0.480 e. The molecular weight excluding hydrogens is 402 g/mol. The van der Waals surface area contributed by atoms with Crippen LogP contribution in [0.4, 0.5) is 4.39 Å². The molecular formula is C21H23Cl2FN2O2. The fraction of sp³-hybridized carbons (Fsp3) is 0.381. The Labute approximate surface area is 173 Å². The number of benzene rings is 2. The highest BCUT2D eigenvalue weighted by Crippen LogP contribution is 2.50. The number of halogens is 3. The summed E-state index contributed by atoms with van der Waals surface area (Å²) >= 11 is 12.0. The lowest BCUT2D eigenvalue weighted by Crippen LogP contribution is -2.54. The van der Waals surface area contributed by atoms with Crippen LogP contribution < -0.4 is 11.1 Å². The maximum atomic E-state index is 15.1. The van der Waals surface area contributed by atoms with Crippen LogP contribution in [0, 0.1) is 11.2 Å². The average molecular weight is 425 g/mol. The quantitative estimate of drug-likeness (QED) is 0.675. The number of hydrogen-bond acceptors (Lipinski definition) is 3. The Morgan fingerprint density at radius 1 is 1.18 bits per heavy atom. The van der Waals surface area contributed by atoms with Crippen molar-refractivity contribution in [3.05, 3.63) is 69.5 Å². The first-order valence-electron chi connectivity index (χ1n) is 8.95. The van der Waals surface area contributed by atoms with Gasteiger partial charge in [0.05, 0.1) is 10.6 Å². The predicted octanol–water partition coefficient (Wildman–Crippen LogP) is 4.54. The van der Waals surface area contributed by atoms with Crippen molar-refractivity contribution in [2.45, 2.75) is 44.3 Å². The molecule has 0 radical (unpaired) electrons. The van der Waals surface area contributed by atoms with E-state index >= 15 is 4.39 Å². The molecule has 150 valence electrons. The largest absolute Gasteiger partial charge is 0.480 e. The Bertz CT molecular complexity index is 898. The first-order valence-corrected chi connectivity index (χ1v) is 9.71. The zero-order valence-corrected chi connectivity index (χ0v) is 17.4. The zero-order chi connectivity index (χ0) is 20.9. The van der Waals surface area contributed by atoms with Crippen LogP contribution in [0.25, 0.3) is 0 Å². The topological polar surface area (TPSA) is 75.3 Å². The molecule has 0 saturated carbocycles. The summed E-state index contributed by atoms with van der Waals surface area (Å²) in [6.07, 6.45) is 0. The van der Waals surface area contributed by atoms with Gasteiger partial charge in [-0.15, -0.1) is 0 Å². The molecule has 2 aromatic rings. The molecule has 1 aliphatic rings. The van der Waals surface area contributed by atoms with Crippen LogP contribution >= 0.6 is 23.2 Å². The van der Waals surface area contributed by atoms with Crippen LogP contribution in [0.1, 0.15) is 37.8 Å². The van der Waals surface area contributed by atoms with Crippen LogP contribution in [-0.2, 0) is 10.3 Å². The summed E-state index contributed by atoms with van der Waals surface area (Å²) in [5, 5.41) is 13.6. The van der Waals surface area contributed by atoms with Crippen LogP contribution in [0.3, 0.4) is 0 Å². The number of carboxylic acid groups (broad SMARTS) is 1. The maximum Gasteiger partial charge on any atom is 0.323 e. The maximum absolute atomic E-state index is 15.1. The molecule has 1 saturated heterocycles. The van der Waals surface area contributed by atoms with Crippen molar-refractivity contribution in [1.29, 1.82) is 0 Å². The van der Waals surface area contributed by atoms with Gasteiger partial charge in [-0.1, -0.05) is 68.2 Å². The van der Waals surface area contributed by atoms with E-state index in [9.17, 15) is 9.90 Å². The zero-order valence-electron chi connectivity index (χ0n) is 15.8. The fourth-order valence-corrected chi connectivity index (χ4v) is 4.49. The number of nitrogens with one attached hydrogen (secondary N) is 1. The summed E-state index contributed by atoms with van der Waals surface area (Å²) in [5.74, 6) is -2.38. The van der Waals surface area contributed by atoms with Gasteiger partial charge < -0.3 is 10.8 Å². The van der Waals surface area contributed by atoms with Gasteiger partial charge in [0.1, 0.15) is 11.9 Å². The lowest BCUT2D eigenvalue weighted by Gasteiger charge is -2.39.